The highest BCUT2D eigenvalue weighted by Gasteiger charge is 2.23. The monoisotopic (exact) mass is 370 g/mol. The minimum Gasteiger partial charge on any atom is -0.507 e. The Balaban J connectivity index is 1.71. The molecule has 0 aliphatic carbocycles. The first-order valence-corrected chi connectivity index (χ1v) is 9.97. The van der Waals surface area contributed by atoms with Gasteiger partial charge in [0.2, 0.25) is 0 Å². The van der Waals surface area contributed by atoms with Crippen LogP contribution in [0.5, 0.6) is 11.5 Å². The van der Waals surface area contributed by atoms with Crippen molar-refractivity contribution >= 4 is 33.3 Å². The third kappa shape index (κ3) is 3.47. The second-order valence-corrected chi connectivity index (χ2v) is 7.42. The Kier molecular flexibility index (Phi) is 4.94. The van der Waals surface area contributed by atoms with Crippen LogP contribution in [-0.4, -0.2) is 43.4 Å². The maximum Gasteiger partial charge on any atom is 0.135 e. The zero-order chi connectivity index (χ0) is 18.1. The smallest absolute Gasteiger partial charge is 0.135 e. The number of rotatable bonds is 7. The fourth-order valence-corrected chi connectivity index (χ4v) is 3.50. The van der Waals surface area contributed by atoms with Crippen molar-refractivity contribution in [3.05, 3.63) is 42.5 Å². The number of aromatic hydroxyl groups is 1. The van der Waals surface area contributed by atoms with Crippen LogP contribution >= 0.6 is 11.8 Å². The molecule has 4 nitrogen and oxygen atoms in total. The molecule has 0 radical (unpaired) electrons. The van der Waals surface area contributed by atoms with Crippen LogP contribution in [0, 0.1) is 0 Å². The Labute approximate surface area is 157 Å². The Morgan fingerprint density at radius 1 is 1.15 bits per heavy atom. The van der Waals surface area contributed by atoms with Crippen LogP contribution in [0.15, 0.2) is 47.4 Å². The lowest BCUT2D eigenvalue weighted by molar-refractivity contribution is 0.0248. The van der Waals surface area contributed by atoms with E-state index in [-0.39, 0.29) is 12.2 Å². The van der Waals surface area contributed by atoms with E-state index in [0.29, 0.717) is 19.0 Å². The van der Waals surface area contributed by atoms with Crippen LogP contribution in [-0.2, 0) is 9.47 Å². The number of fused-ring (bicyclic) bond motifs is 2. The van der Waals surface area contributed by atoms with Gasteiger partial charge in [-0.25, -0.2) is 0 Å². The summed E-state index contributed by atoms with van der Waals surface area (Å²) in [5, 5.41) is 14.2. The summed E-state index contributed by atoms with van der Waals surface area (Å²) in [5.41, 5.74) is 0. The van der Waals surface area contributed by atoms with Crippen LogP contribution < -0.4 is 4.74 Å². The van der Waals surface area contributed by atoms with Gasteiger partial charge >= 0.3 is 0 Å². The predicted molar refractivity (Wildman–Crippen MR) is 106 cm³/mol. The summed E-state index contributed by atoms with van der Waals surface area (Å²) in [5.74, 6) is 1.09. The lowest BCUT2D eigenvalue weighted by Gasteiger charge is -2.18. The van der Waals surface area contributed by atoms with Gasteiger partial charge in [0.15, 0.2) is 0 Å². The topological polar surface area (TPSA) is 51.2 Å². The van der Waals surface area contributed by atoms with E-state index in [1.165, 1.54) is 0 Å². The normalized spacial score (nSPS) is 17.5. The molecule has 1 heterocycles. The number of ether oxygens (including phenoxy) is 3. The summed E-state index contributed by atoms with van der Waals surface area (Å²) in [4.78, 5) is 1.11. The molecular weight excluding hydrogens is 348 g/mol. The van der Waals surface area contributed by atoms with Crippen molar-refractivity contribution in [2.75, 3.05) is 26.1 Å². The van der Waals surface area contributed by atoms with E-state index in [4.69, 9.17) is 14.2 Å². The number of thioether (sulfide) groups is 1. The van der Waals surface area contributed by atoms with Crippen molar-refractivity contribution in [1.82, 2.24) is 0 Å². The van der Waals surface area contributed by atoms with E-state index in [9.17, 15) is 5.11 Å². The maximum atomic E-state index is 10.8. The second-order valence-electron chi connectivity index (χ2n) is 6.55. The number of hydrogen-bond donors (Lipinski definition) is 1. The van der Waals surface area contributed by atoms with Gasteiger partial charge in [-0.1, -0.05) is 24.3 Å². The highest BCUT2D eigenvalue weighted by Crippen LogP contribution is 2.43. The van der Waals surface area contributed by atoms with Gasteiger partial charge in [0, 0.05) is 26.4 Å². The zero-order valence-electron chi connectivity index (χ0n) is 14.9. The van der Waals surface area contributed by atoms with E-state index < -0.39 is 0 Å². The molecule has 0 spiro atoms. The van der Waals surface area contributed by atoms with Gasteiger partial charge < -0.3 is 19.3 Å². The van der Waals surface area contributed by atoms with Gasteiger partial charge in [-0.2, -0.15) is 0 Å². The van der Waals surface area contributed by atoms with Gasteiger partial charge in [0.05, 0.1) is 19.3 Å². The van der Waals surface area contributed by atoms with E-state index in [0.717, 1.165) is 38.8 Å². The van der Waals surface area contributed by atoms with E-state index in [1.54, 1.807) is 11.8 Å². The van der Waals surface area contributed by atoms with Gasteiger partial charge in [-0.3, -0.25) is 0 Å². The molecule has 0 saturated carbocycles. The lowest BCUT2D eigenvalue weighted by atomic mass is 10.0. The Hall–Kier alpha value is -1.95. The lowest BCUT2D eigenvalue weighted by Crippen LogP contribution is -2.20. The average Bonchev–Trinajstić information content (AvgIpc) is 3.50. The van der Waals surface area contributed by atoms with Crippen molar-refractivity contribution < 1.29 is 19.3 Å². The molecule has 1 aliphatic heterocycles. The van der Waals surface area contributed by atoms with Crippen molar-refractivity contribution in [2.24, 2.45) is 0 Å². The summed E-state index contributed by atoms with van der Waals surface area (Å²) in [6.45, 7) is 3.84. The first kappa shape index (κ1) is 17.5. The number of phenols is 1. The molecule has 3 aromatic rings. The van der Waals surface area contributed by atoms with Crippen LogP contribution in [0.4, 0.5) is 0 Å². The van der Waals surface area contributed by atoms with Gasteiger partial charge in [-0.05, 0) is 31.4 Å². The molecule has 2 atom stereocenters. The van der Waals surface area contributed by atoms with Crippen molar-refractivity contribution in [2.45, 2.75) is 24.0 Å². The molecule has 5 heteroatoms. The van der Waals surface area contributed by atoms with Gasteiger partial charge in [0.1, 0.15) is 24.2 Å². The molecule has 1 N–H and O–H groups in total. The van der Waals surface area contributed by atoms with Crippen molar-refractivity contribution in [3.63, 3.8) is 0 Å². The summed E-state index contributed by atoms with van der Waals surface area (Å²) >= 11 is 1.65. The summed E-state index contributed by atoms with van der Waals surface area (Å²) in [7, 11) is 0. The minimum absolute atomic E-state index is 0.0349. The fourth-order valence-electron chi connectivity index (χ4n) is 3.06. The van der Waals surface area contributed by atoms with Crippen LogP contribution in [0.1, 0.15) is 6.92 Å². The molecule has 4 rings (SSSR count). The largest absolute Gasteiger partial charge is 0.507 e. The van der Waals surface area contributed by atoms with Crippen molar-refractivity contribution in [1.29, 1.82) is 0 Å². The summed E-state index contributed by atoms with van der Waals surface area (Å²) < 4.78 is 17.1. The molecule has 1 aliphatic rings. The van der Waals surface area contributed by atoms with Gasteiger partial charge in [-0.15, -0.1) is 11.8 Å². The second kappa shape index (κ2) is 7.35. The number of phenolic OH excluding ortho intramolecular Hbond substituents is 1. The number of benzene rings is 3. The molecule has 0 aromatic heterocycles. The van der Waals surface area contributed by atoms with Crippen LogP contribution in [0.3, 0.4) is 0 Å². The van der Waals surface area contributed by atoms with E-state index >= 15 is 0 Å². The first-order chi connectivity index (χ1) is 12.7. The third-order valence-electron chi connectivity index (χ3n) is 4.58. The van der Waals surface area contributed by atoms with E-state index in [2.05, 4.69) is 6.07 Å². The quantitative estimate of drug-likeness (QED) is 0.374. The number of hydrogen-bond acceptors (Lipinski definition) is 5. The molecule has 136 valence electrons. The number of epoxide rings is 1. The Bertz CT molecular complexity index is 936. The van der Waals surface area contributed by atoms with Gasteiger partial charge in [0.25, 0.3) is 0 Å². The van der Waals surface area contributed by atoms with Crippen LogP contribution in [0.25, 0.3) is 21.5 Å². The third-order valence-corrected chi connectivity index (χ3v) is 5.31. The summed E-state index contributed by atoms with van der Waals surface area (Å²) in [6.07, 6.45) is 2.24. The zero-order valence-corrected chi connectivity index (χ0v) is 15.7. The van der Waals surface area contributed by atoms with E-state index in [1.807, 2.05) is 49.6 Å². The molecule has 0 amide bonds. The molecule has 3 aromatic carbocycles. The molecular formula is C21H22O4S. The predicted octanol–water partition coefficient (Wildman–Crippen LogP) is 4.60. The Morgan fingerprint density at radius 3 is 2.62 bits per heavy atom. The molecule has 1 saturated heterocycles. The first-order valence-electron chi connectivity index (χ1n) is 8.75. The standard InChI is InChI=1S/C21H22O4S/c1-13(23-11-14-12-24-14)10-25-21-17-6-4-3-5-16(17)20(22)19-9-15(26-2)7-8-18(19)21/h3-9,13-14,22H,10-12H2,1-2H3. The maximum absolute atomic E-state index is 10.8. The Morgan fingerprint density at radius 2 is 1.88 bits per heavy atom. The fraction of sp³-hybridized carbons (Fsp3) is 0.333. The molecule has 2 unspecified atom stereocenters. The SMILES string of the molecule is CSc1ccc2c(OCC(C)OCC3CO3)c3ccccc3c(O)c2c1. The molecule has 26 heavy (non-hydrogen) atoms. The summed E-state index contributed by atoms with van der Waals surface area (Å²) in [6, 6.07) is 13.9. The average molecular weight is 370 g/mol. The molecule has 1 fully saturated rings. The van der Waals surface area contributed by atoms with Crippen LogP contribution in [0.2, 0.25) is 0 Å². The van der Waals surface area contributed by atoms with Crippen molar-refractivity contribution in [3.8, 4) is 11.5 Å². The minimum atomic E-state index is -0.0349. The highest BCUT2D eigenvalue weighted by atomic mass is 32.2. The molecule has 0 bridgehead atoms. The highest BCUT2D eigenvalue weighted by molar-refractivity contribution is 7.98.